The minimum Gasteiger partial charge on any atom is -0.311 e. The number of nitrogens with zero attached hydrogens (tertiary/aromatic N) is 1. The average Bonchev–Trinajstić information content (AvgIpc) is 2.47. The fourth-order valence-corrected chi connectivity index (χ4v) is 2.62. The molecule has 1 unspecified atom stereocenters. The standard InChI is InChI=1S/C17H21BrN2/c1-4-9-19-13(3)12(2)11-14-7-8-16(18)15-6-5-10-20-17(14)15/h5-8,10-11,13,19H,4,9H2,1-3H3/b12-11+. The number of nitrogens with one attached hydrogen (secondary N) is 1. The van der Waals surface area contributed by atoms with Gasteiger partial charge in [-0.05, 0) is 38.9 Å². The van der Waals surface area contributed by atoms with Crippen LogP contribution in [0.5, 0.6) is 0 Å². The highest BCUT2D eigenvalue weighted by molar-refractivity contribution is 9.10. The maximum Gasteiger partial charge on any atom is 0.0785 e. The second kappa shape index (κ2) is 7.00. The normalized spacial score (nSPS) is 13.7. The van der Waals surface area contributed by atoms with Gasteiger partial charge in [0, 0.05) is 27.7 Å². The third-order valence-corrected chi connectivity index (χ3v) is 4.21. The van der Waals surface area contributed by atoms with Crippen molar-refractivity contribution in [1.82, 2.24) is 10.3 Å². The van der Waals surface area contributed by atoms with Crippen molar-refractivity contribution in [2.75, 3.05) is 6.54 Å². The molecule has 0 radical (unpaired) electrons. The fourth-order valence-electron chi connectivity index (χ4n) is 2.17. The minimum atomic E-state index is 0.386. The van der Waals surface area contributed by atoms with Crippen LogP contribution in [-0.2, 0) is 0 Å². The van der Waals surface area contributed by atoms with Crippen LogP contribution in [-0.4, -0.2) is 17.6 Å². The van der Waals surface area contributed by atoms with Crippen LogP contribution in [0.1, 0.15) is 32.8 Å². The van der Waals surface area contributed by atoms with Crippen LogP contribution < -0.4 is 5.32 Å². The van der Waals surface area contributed by atoms with Crippen molar-refractivity contribution in [3.8, 4) is 0 Å². The predicted molar refractivity (Wildman–Crippen MR) is 90.8 cm³/mol. The van der Waals surface area contributed by atoms with E-state index in [4.69, 9.17) is 0 Å². The Morgan fingerprint density at radius 1 is 1.40 bits per heavy atom. The SMILES string of the molecule is CCCNC(C)/C(C)=C/c1ccc(Br)c2cccnc12. The van der Waals surface area contributed by atoms with Gasteiger partial charge in [-0.25, -0.2) is 0 Å². The van der Waals surface area contributed by atoms with Crippen molar-refractivity contribution < 1.29 is 0 Å². The topological polar surface area (TPSA) is 24.9 Å². The molecular formula is C17H21BrN2. The molecule has 0 fully saturated rings. The molecule has 20 heavy (non-hydrogen) atoms. The molecule has 1 heterocycles. The number of halogens is 1. The molecule has 1 N–H and O–H groups in total. The number of pyridine rings is 1. The molecule has 0 amide bonds. The number of benzene rings is 1. The van der Waals surface area contributed by atoms with Crippen molar-refractivity contribution in [1.29, 1.82) is 0 Å². The van der Waals surface area contributed by atoms with Gasteiger partial charge in [0.2, 0.25) is 0 Å². The van der Waals surface area contributed by atoms with Gasteiger partial charge in [0.1, 0.15) is 0 Å². The van der Waals surface area contributed by atoms with Crippen molar-refractivity contribution in [3.05, 3.63) is 46.1 Å². The average molecular weight is 333 g/mol. The van der Waals surface area contributed by atoms with Crippen molar-refractivity contribution in [2.45, 2.75) is 33.2 Å². The highest BCUT2D eigenvalue weighted by Crippen LogP contribution is 2.26. The largest absolute Gasteiger partial charge is 0.311 e. The summed E-state index contributed by atoms with van der Waals surface area (Å²) in [5.74, 6) is 0. The highest BCUT2D eigenvalue weighted by Gasteiger charge is 2.06. The van der Waals surface area contributed by atoms with E-state index in [1.54, 1.807) is 0 Å². The Morgan fingerprint density at radius 3 is 2.95 bits per heavy atom. The quantitative estimate of drug-likeness (QED) is 0.851. The molecule has 0 aliphatic rings. The molecular weight excluding hydrogens is 312 g/mol. The maximum atomic E-state index is 4.52. The Morgan fingerprint density at radius 2 is 2.20 bits per heavy atom. The zero-order chi connectivity index (χ0) is 14.5. The lowest BCUT2D eigenvalue weighted by atomic mass is 10.0. The van der Waals surface area contributed by atoms with E-state index in [1.165, 1.54) is 11.1 Å². The van der Waals surface area contributed by atoms with E-state index in [-0.39, 0.29) is 0 Å². The van der Waals surface area contributed by atoms with Gasteiger partial charge in [-0.3, -0.25) is 4.98 Å². The lowest BCUT2D eigenvalue weighted by Gasteiger charge is -2.14. The van der Waals surface area contributed by atoms with Crippen LogP contribution in [0.2, 0.25) is 0 Å². The summed E-state index contributed by atoms with van der Waals surface area (Å²) in [5, 5.41) is 4.67. The molecule has 2 nitrogen and oxygen atoms in total. The summed E-state index contributed by atoms with van der Waals surface area (Å²) in [6.45, 7) is 7.61. The first-order valence-corrected chi connectivity index (χ1v) is 7.87. The Hall–Kier alpha value is -1.19. The van der Waals surface area contributed by atoms with Crippen LogP contribution in [0.4, 0.5) is 0 Å². The van der Waals surface area contributed by atoms with Gasteiger partial charge in [0.25, 0.3) is 0 Å². The number of hydrogen-bond acceptors (Lipinski definition) is 2. The number of aromatic nitrogens is 1. The van der Waals surface area contributed by atoms with Crippen LogP contribution >= 0.6 is 15.9 Å². The molecule has 2 rings (SSSR count). The Balaban J connectivity index is 2.36. The lowest BCUT2D eigenvalue weighted by molar-refractivity contribution is 0.604. The third kappa shape index (κ3) is 3.47. The summed E-state index contributed by atoms with van der Waals surface area (Å²) in [4.78, 5) is 4.52. The smallest absolute Gasteiger partial charge is 0.0785 e. The number of fused-ring (bicyclic) bond motifs is 1. The Kier molecular flexibility index (Phi) is 5.32. The summed E-state index contributed by atoms with van der Waals surface area (Å²) >= 11 is 3.59. The predicted octanol–water partition coefficient (Wildman–Crippen LogP) is 4.79. The number of hydrogen-bond donors (Lipinski definition) is 1. The molecule has 1 aromatic heterocycles. The molecule has 0 saturated heterocycles. The van der Waals surface area contributed by atoms with E-state index in [1.807, 2.05) is 12.3 Å². The third-order valence-electron chi connectivity index (χ3n) is 3.51. The monoisotopic (exact) mass is 332 g/mol. The molecule has 106 valence electrons. The van der Waals surface area contributed by atoms with Gasteiger partial charge >= 0.3 is 0 Å². The molecule has 2 aromatic rings. The molecule has 0 spiro atoms. The summed E-state index contributed by atoms with van der Waals surface area (Å²) in [5.41, 5.74) is 3.54. The van der Waals surface area contributed by atoms with Crippen molar-refractivity contribution >= 4 is 32.9 Å². The van der Waals surface area contributed by atoms with Gasteiger partial charge < -0.3 is 5.32 Å². The Labute approximate surface area is 129 Å². The van der Waals surface area contributed by atoms with Gasteiger partial charge in [-0.2, -0.15) is 0 Å². The minimum absolute atomic E-state index is 0.386. The summed E-state index contributed by atoms with van der Waals surface area (Å²) < 4.78 is 1.09. The molecule has 1 atom stereocenters. The Bertz CT molecular complexity index is 619. The van der Waals surface area contributed by atoms with Crippen molar-refractivity contribution in [3.63, 3.8) is 0 Å². The summed E-state index contributed by atoms with van der Waals surface area (Å²) in [6.07, 6.45) is 5.23. The molecule has 0 bridgehead atoms. The van der Waals surface area contributed by atoms with Crippen LogP contribution in [0.25, 0.3) is 17.0 Å². The molecule has 0 aliphatic carbocycles. The first-order valence-electron chi connectivity index (χ1n) is 7.08. The second-order valence-electron chi connectivity index (χ2n) is 5.10. The molecule has 3 heteroatoms. The first kappa shape index (κ1) is 15.2. The van der Waals surface area contributed by atoms with Gasteiger partial charge in [-0.15, -0.1) is 0 Å². The number of rotatable bonds is 5. The second-order valence-corrected chi connectivity index (χ2v) is 5.95. The van der Waals surface area contributed by atoms with Crippen molar-refractivity contribution in [2.24, 2.45) is 0 Å². The van der Waals surface area contributed by atoms with Gasteiger partial charge in [0.05, 0.1) is 5.52 Å². The van der Waals surface area contributed by atoms with E-state index >= 15 is 0 Å². The van der Waals surface area contributed by atoms with Crippen LogP contribution in [0, 0.1) is 0 Å². The van der Waals surface area contributed by atoms with Gasteiger partial charge in [-0.1, -0.05) is 46.6 Å². The summed E-state index contributed by atoms with van der Waals surface area (Å²) in [6, 6.07) is 8.66. The van der Waals surface area contributed by atoms with E-state index < -0.39 is 0 Å². The maximum absolute atomic E-state index is 4.52. The molecule has 1 aromatic carbocycles. The molecule has 0 saturated carbocycles. The van der Waals surface area contributed by atoms with E-state index in [9.17, 15) is 0 Å². The molecule has 0 aliphatic heterocycles. The zero-order valence-electron chi connectivity index (χ0n) is 12.3. The van der Waals surface area contributed by atoms with Gasteiger partial charge in [0.15, 0.2) is 0 Å². The summed E-state index contributed by atoms with van der Waals surface area (Å²) in [7, 11) is 0. The first-order chi connectivity index (χ1) is 9.63. The van der Waals surface area contributed by atoms with Crippen LogP contribution in [0.15, 0.2) is 40.5 Å². The van der Waals surface area contributed by atoms with E-state index in [2.05, 4.69) is 71.3 Å². The highest BCUT2D eigenvalue weighted by atomic mass is 79.9. The van der Waals surface area contributed by atoms with Crippen LogP contribution in [0.3, 0.4) is 0 Å². The zero-order valence-corrected chi connectivity index (χ0v) is 13.9. The van der Waals surface area contributed by atoms with E-state index in [0.717, 1.165) is 28.3 Å². The van der Waals surface area contributed by atoms with E-state index in [0.29, 0.717) is 6.04 Å². The fraction of sp³-hybridized carbons (Fsp3) is 0.353. The lowest BCUT2D eigenvalue weighted by Crippen LogP contribution is -2.27.